The minimum absolute atomic E-state index is 0.134. The van der Waals surface area contributed by atoms with Crippen LogP contribution in [0.4, 0.5) is 13.2 Å². The Hall–Kier alpha value is -1.61. The lowest BCUT2D eigenvalue weighted by Gasteiger charge is -2.33. The third-order valence-corrected chi connectivity index (χ3v) is 8.18. The van der Waals surface area contributed by atoms with Gasteiger partial charge in [0.1, 0.15) is 17.9 Å². The Labute approximate surface area is 244 Å². The molecule has 7 nitrogen and oxygen atoms in total. The SMILES string of the molecule is CCCCCCCCOc1ccc(CCC2(COP(=O)(OC(C)(C)C)OC(C)(C)C)COC(C)=N2)cc1C(F)(F)F. The number of unbranched alkanes of at least 4 members (excludes halogenated alkanes) is 5. The minimum Gasteiger partial charge on any atom is -0.493 e. The first-order chi connectivity index (χ1) is 18.9. The van der Waals surface area contributed by atoms with Crippen molar-refractivity contribution in [1.82, 2.24) is 0 Å². The molecule has 1 aliphatic heterocycles. The Morgan fingerprint density at radius 2 is 1.59 bits per heavy atom. The smallest absolute Gasteiger partial charge is 0.475 e. The number of nitrogens with zero attached hydrogens (tertiary/aromatic N) is 1. The molecule has 11 heteroatoms. The van der Waals surface area contributed by atoms with E-state index in [2.05, 4.69) is 11.9 Å². The minimum atomic E-state index is -4.56. The molecule has 0 saturated heterocycles. The maximum atomic E-state index is 13.9. The van der Waals surface area contributed by atoms with Gasteiger partial charge in [-0.2, -0.15) is 13.2 Å². The number of ether oxygens (including phenoxy) is 2. The van der Waals surface area contributed by atoms with Gasteiger partial charge in [-0.1, -0.05) is 45.1 Å². The maximum Gasteiger partial charge on any atom is 0.475 e. The molecule has 1 aliphatic rings. The lowest BCUT2D eigenvalue weighted by Crippen LogP contribution is -2.36. The number of phosphoric ester groups is 1. The van der Waals surface area contributed by atoms with Crippen molar-refractivity contribution in [3.8, 4) is 5.75 Å². The van der Waals surface area contributed by atoms with E-state index in [0.717, 1.165) is 31.7 Å². The molecule has 1 aromatic carbocycles. The third-order valence-electron chi connectivity index (χ3n) is 6.19. The predicted octanol–water partition coefficient (Wildman–Crippen LogP) is 9.32. The van der Waals surface area contributed by atoms with Crippen molar-refractivity contribution >= 4 is 13.7 Å². The van der Waals surface area contributed by atoms with E-state index in [4.69, 9.17) is 23.0 Å². The van der Waals surface area contributed by atoms with Crippen LogP contribution < -0.4 is 4.74 Å². The first-order valence-electron chi connectivity index (χ1n) is 14.5. The number of halogens is 3. The summed E-state index contributed by atoms with van der Waals surface area (Å²) in [6, 6.07) is 4.16. The molecule has 236 valence electrons. The molecule has 2 rings (SSSR count). The fourth-order valence-corrected chi connectivity index (χ4v) is 6.26. The Bertz CT molecular complexity index is 1030. The molecular formula is C30H49F3NO6P. The van der Waals surface area contributed by atoms with Gasteiger partial charge in [0.2, 0.25) is 0 Å². The van der Waals surface area contributed by atoms with Crippen LogP contribution >= 0.6 is 7.82 Å². The van der Waals surface area contributed by atoms with Crippen LogP contribution in [0.15, 0.2) is 23.2 Å². The number of aliphatic imine (C=N–C) groups is 1. The van der Waals surface area contributed by atoms with Crippen molar-refractivity contribution in [3.63, 3.8) is 0 Å². The highest BCUT2D eigenvalue weighted by Crippen LogP contribution is 2.56. The Morgan fingerprint density at radius 1 is 0.976 bits per heavy atom. The Balaban J connectivity index is 2.14. The fraction of sp³-hybridized carbons (Fsp3) is 0.767. The van der Waals surface area contributed by atoms with Crippen LogP contribution in [-0.2, 0) is 35.5 Å². The summed E-state index contributed by atoms with van der Waals surface area (Å²) < 4.78 is 83.8. The van der Waals surface area contributed by atoms with Crippen LogP contribution in [0.2, 0.25) is 0 Å². The van der Waals surface area contributed by atoms with Crippen LogP contribution in [0.25, 0.3) is 0 Å². The maximum absolute atomic E-state index is 13.9. The van der Waals surface area contributed by atoms with E-state index >= 15 is 0 Å². The number of hydrogen-bond donors (Lipinski definition) is 0. The predicted molar refractivity (Wildman–Crippen MR) is 156 cm³/mol. The average molecular weight is 608 g/mol. The van der Waals surface area contributed by atoms with E-state index in [-0.39, 0.29) is 32.0 Å². The lowest BCUT2D eigenvalue weighted by molar-refractivity contribution is -0.139. The van der Waals surface area contributed by atoms with Gasteiger partial charge in [-0.15, -0.1) is 0 Å². The van der Waals surface area contributed by atoms with Gasteiger partial charge in [-0.05, 0) is 78.5 Å². The van der Waals surface area contributed by atoms with E-state index in [0.29, 0.717) is 24.3 Å². The van der Waals surface area contributed by atoms with Gasteiger partial charge in [0.25, 0.3) is 0 Å². The van der Waals surface area contributed by atoms with Crippen LogP contribution in [0.3, 0.4) is 0 Å². The van der Waals surface area contributed by atoms with Crippen molar-refractivity contribution in [2.75, 3.05) is 19.8 Å². The fourth-order valence-electron chi connectivity index (χ4n) is 4.37. The quantitative estimate of drug-likeness (QED) is 0.138. The number of phosphoric acid groups is 1. The van der Waals surface area contributed by atoms with E-state index in [9.17, 15) is 17.7 Å². The summed E-state index contributed by atoms with van der Waals surface area (Å²) in [7, 11) is -4.02. The van der Waals surface area contributed by atoms with Crippen molar-refractivity contribution in [2.45, 2.75) is 130 Å². The van der Waals surface area contributed by atoms with E-state index in [1.54, 1.807) is 54.5 Å². The second-order valence-electron chi connectivity index (χ2n) is 12.7. The molecule has 41 heavy (non-hydrogen) atoms. The highest BCUT2D eigenvalue weighted by atomic mass is 31.2. The van der Waals surface area contributed by atoms with Crippen LogP contribution in [0.1, 0.15) is 111 Å². The van der Waals surface area contributed by atoms with Crippen molar-refractivity contribution in [3.05, 3.63) is 29.3 Å². The molecule has 0 N–H and O–H groups in total. The second-order valence-corrected chi connectivity index (χ2v) is 14.2. The molecule has 1 unspecified atom stereocenters. The van der Waals surface area contributed by atoms with E-state index in [1.165, 1.54) is 12.5 Å². The van der Waals surface area contributed by atoms with Crippen LogP contribution in [0, 0.1) is 0 Å². The zero-order valence-electron chi connectivity index (χ0n) is 26.0. The summed E-state index contributed by atoms with van der Waals surface area (Å²) in [5.41, 5.74) is -2.91. The van der Waals surface area contributed by atoms with Crippen molar-refractivity contribution in [2.24, 2.45) is 4.99 Å². The summed E-state index contributed by atoms with van der Waals surface area (Å²) in [6.45, 7) is 14.5. The molecule has 0 radical (unpaired) electrons. The molecular weight excluding hydrogens is 558 g/mol. The second kappa shape index (κ2) is 14.7. The van der Waals surface area contributed by atoms with Gasteiger partial charge < -0.3 is 9.47 Å². The molecule has 0 amide bonds. The number of aryl methyl sites for hydroxylation is 1. The molecule has 0 saturated carbocycles. The Kier molecular flexibility index (Phi) is 12.8. The van der Waals surface area contributed by atoms with Gasteiger partial charge in [0, 0.05) is 6.92 Å². The molecule has 0 aromatic heterocycles. The number of benzene rings is 1. The van der Waals surface area contributed by atoms with Gasteiger partial charge in [-0.25, -0.2) is 9.56 Å². The topological polar surface area (TPSA) is 75.6 Å². The normalized spacial score (nSPS) is 18.4. The average Bonchev–Trinajstić information content (AvgIpc) is 3.19. The van der Waals surface area contributed by atoms with E-state index < -0.39 is 36.3 Å². The van der Waals surface area contributed by atoms with Gasteiger partial charge in [-0.3, -0.25) is 13.6 Å². The van der Waals surface area contributed by atoms with Crippen molar-refractivity contribution < 1.29 is 40.8 Å². The van der Waals surface area contributed by atoms with Crippen molar-refractivity contribution in [1.29, 1.82) is 0 Å². The molecule has 1 heterocycles. The summed E-state index contributed by atoms with van der Waals surface area (Å²) in [6.07, 6.45) is 2.14. The highest BCUT2D eigenvalue weighted by molar-refractivity contribution is 7.48. The molecule has 1 aromatic rings. The monoisotopic (exact) mass is 607 g/mol. The lowest BCUT2D eigenvalue weighted by atomic mass is 9.93. The van der Waals surface area contributed by atoms with Gasteiger partial charge >= 0.3 is 14.0 Å². The number of alkyl halides is 3. The summed E-state index contributed by atoms with van der Waals surface area (Å²) in [4.78, 5) is 4.59. The first-order valence-corrected chi connectivity index (χ1v) is 16.0. The largest absolute Gasteiger partial charge is 0.493 e. The summed E-state index contributed by atoms with van der Waals surface area (Å²) in [5, 5.41) is 0. The molecule has 1 atom stereocenters. The molecule has 0 spiro atoms. The Morgan fingerprint density at radius 3 is 2.12 bits per heavy atom. The van der Waals surface area contributed by atoms with Crippen LogP contribution in [-0.4, -0.2) is 42.5 Å². The van der Waals surface area contributed by atoms with Crippen LogP contribution in [0.5, 0.6) is 5.75 Å². The first kappa shape index (κ1) is 35.6. The molecule has 0 aliphatic carbocycles. The summed E-state index contributed by atoms with van der Waals surface area (Å²) in [5.74, 6) is 0.261. The zero-order valence-corrected chi connectivity index (χ0v) is 26.9. The number of hydrogen-bond acceptors (Lipinski definition) is 7. The molecule has 0 fully saturated rings. The highest BCUT2D eigenvalue weighted by Gasteiger charge is 2.43. The molecule has 0 bridgehead atoms. The zero-order chi connectivity index (χ0) is 31.0. The van der Waals surface area contributed by atoms with Gasteiger partial charge in [0.15, 0.2) is 5.90 Å². The third kappa shape index (κ3) is 13.1. The summed E-state index contributed by atoms with van der Waals surface area (Å²) >= 11 is 0. The van der Waals surface area contributed by atoms with E-state index in [1.807, 2.05) is 0 Å². The number of rotatable bonds is 16. The van der Waals surface area contributed by atoms with Gasteiger partial charge in [0.05, 0.1) is 30.0 Å². The standard InChI is InChI=1S/C30H49F3NO6P/c1-9-10-11-12-13-14-19-36-26-16-15-24(20-25(26)30(31,32)33)17-18-29(21-37-23(2)34-29)22-38-41(35,39-27(3,4)5)40-28(6,7)8/h15-16,20H,9-14,17-19,21-22H2,1-8H3.